The highest BCUT2D eigenvalue weighted by Crippen LogP contribution is 2.24. The van der Waals surface area contributed by atoms with Crippen molar-refractivity contribution in [3.63, 3.8) is 0 Å². The van der Waals surface area contributed by atoms with Crippen LogP contribution in [0.5, 0.6) is 5.75 Å². The molecule has 84 valence electrons. The summed E-state index contributed by atoms with van der Waals surface area (Å²) >= 11 is 5.52. The molecule has 1 fully saturated rings. The fraction of sp³-hybridized carbons (Fsp3) is 0.429. The monoisotopic (exact) mass is 234 g/mol. The third-order valence-corrected chi connectivity index (χ3v) is 2.87. The fourth-order valence-corrected chi connectivity index (χ4v) is 2.05. The zero-order valence-electron chi connectivity index (χ0n) is 9.21. The predicted octanol–water partition coefficient (Wildman–Crippen LogP) is 3.60. The molecular formula is C14H15ClO. The van der Waals surface area contributed by atoms with Crippen LogP contribution in [0.2, 0.25) is 0 Å². The molecule has 1 nitrogen and oxygen atoms in total. The molecule has 0 saturated heterocycles. The van der Waals surface area contributed by atoms with Gasteiger partial charge in [-0.3, -0.25) is 0 Å². The Morgan fingerprint density at radius 1 is 1.31 bits per heavy atom. The molecule has 0 bridgehead atoms. The number of hydrogen-bond donors (Lipinski definition) is 0. The van der Waals surface area contributed by atoms with Crippen LogP contribution in [0.1, 0.15) is 31.2 Å². The van der Waals surface area contributed by atoms with Gasteiger partial charge >= 0.3 is 0 Å². The summed E-state index contributed by atoms with van der Waals surface area (Å²) in [5, 5.41) is 0. The van der Waals surface area contributed by atoms with Crippen molar-refractivity contribution in [3.8, 4) is 17.6 Å². The summed E-state index contributed by atoms with van der Waals surface area (Å²) in [4.78, 5) is 0. The van der Waals surface area contributed by atoms with Crippen molar-refractivity contribution in [2.24, 2.45) is 0 Å². The van der Waals surface area contributed by atoms with E-state index < -0.39 is 0 Å². The first kappa shape index (κ1) is 11.4. The molecule has 1 aliphatic carbocycles. The maximum atomic E-state index is 5.90. The van der Waals surface area contributed by atoms with Crippen LogP contribution in [0.15, 0.2) is 24.3 Å². The summed E-state index contributed by atoms with van der Waals surface area (Å²) < 4.78 is 5.90. The Morgan fingerprint density at radius 3 is 2.88 bits per heavy atom. The van der Waals surface area contributed by atoms with E-state index in [2.05, 4.69) is 11.8 Å². The van der Waals surface area contributed by atoms with Gasteiger partial charge in [0, 0.05) is 5.56 Å². The van der Waals surface area contributed by atoms with Crippen LogP contribution < -0.4 is 4.74 Å². The molecular weight excluding hydrogens is 220 g/mol. The van der Waals surface area contributed by atoms with Gasteiger partial charge in [-0.1, -0.05) is 17.9 Å². The molecule has 2 heteroatoms. The van der Waals surface area contributed by atoms with E-state index in [-0.39, 0.29) is 0 Å². The van der Waals surface area contributed by atoms with Crippen molar-refractivity contribution in [2.45, 2.75) is 31.8 Å². The van der Waals surface area contributed by atoms with Crippen LogP contribution in [-0.2, 0) is 0 Å². The second-order valence-corrected chi connectivity index (χ2v) is 4.25. The van der Waals surface area contributed by atoms with E-state index in [9.17, 15) is 0 Å². The third-order valence-electron chi connectivity index (χ3n) is 2.74. The topological polar surface area (TPSA) is 9.23 Å². The number of benzene rings is 1. The van der Waals surface area contributed by atoms with Gasteiger partial charge in [-0.05, 0) is 43.9 Å². The van der Waals surface area contributed by atoms with Gasteiger partial charge in [0.25, 0.3) is 0 Å². The first-order valence-corrected chi connectivity index (χ1v) is 6.23. The summed E-state index contributed by atoms with van der Waals surface area (Å²) in [6.45, 7) is 0. The largest absolute Gasteiger partial charge is 0.490 e. The first-order valence-electron chi connectivity index (χ1n) is 5.70. The van der Waals surface area contributed by atoms with Gasteiger partial charge in [0.1, 0.15) is 5.75 Å². The molecule has 0 N–H and O–H groups in total. The first-order chi connectivity index (χ1) is 7.88. The predicted molar refractivity (Wildman–Crippen MR) is 66.9 cm³/mol. The second-order valence-electron chi connectivity index (χ2n) is 3.99. The summed E-state index contributed by atoms with van der Waals surface area (Å²) in [6.07, 6.45) is 5.33. The molecule has 2 rings (SSSR count). The minimum atomic E-state index is 0.369. The molecule has 0 radical (unpaired) electrons. The van der Waals surface area contributed by atoms with Gasteiger partial charge in [0.2, 0.25) is 0 Å². The number of alkyl halides is 1. The Labute approximate surface area is 102 Å². The summed E-state index contributed by atoms with van der Waals surface area (Å²) in [5.74, 6) is 7.14. The Kier molecular flexibility index (Phi) is 4.13. The quantitative estimate of drug-likeness (QED) is 0.561. The van der Waals surface area contributed by atoms with Crippen molar-refractivity contribution < 1.29 is 4.74 Å². The Balaban J connectivity index is 2.03. The fourth-order valence-electron chi connectivity index (χ4n) is 1.98. The van der Waals surface area contributed by atoms with Crippen LogP contribution in [-0.4, -0.2) is 12.0 Å². The molecule has 0 amide bonds. The van der Waals surface area contributed by atoms with Crippen molar-refractivity contribution in [1.82, 2.24) is 0 Å². The lowest BCUT2D eigenvalue weighted by molar-refractivity contribution is 0.210. The van der Waals surface area contributed by atoms with Crippen molar-refractivity contribution in [1.29, 1.82) is 0 Å². The summed E-state index contributed by atoms with van der Waals surface area (Å²) in [6, 6.07) is 7.92. The normalized spacial score (nSPS) is 15.6. The van der Waals surface area contributed by atoms with E-state index in [0.29, 0.717) is 12.0 Å². The van der Waals surface area contributed by atoms with Crippen LogP contribution in [0.25, 0.3) is 0 Å². The molecule has 0 aliphatic heterocycles. The van der Waals surface area contributed by atoms with E-state index in [1.165, 1.54) is 25.7 Å². The van der Waals surface area contributed by atoms with Gasteiger partial charge in [0.15, 0.2) is 0 Å². The second kappa shape index (κ2) is 5.82. The summed E-state index contributed by atoms with van der Waals surface area (Å²) in [5.41, 5.74) is 0.969. The molecule has 0 aromatic heterocycles. The number of rotatable bonds is 2. The number of ether oxygens (including phenoxy) is 1. The third kappa shape index (κ3) is 3.18. The van der Waals surface area contributed by atoms with Crippen molar-refractivity contribution in [3.05, 3.63) is 29.8 Å². The average molecular weight is 235 g/mol. The Bertz CT molecular complexity index is 397. The lowest BCUT2D eigenvalue weighted by Crippen LogP contribution is -2.10. The minimum absolute atomic E-state index is 0.369. The standard InChI is InChI=1S/C14H15ClO/c15-10-4-6-12-5-3-9-14(11-12)16-13-7-1-2-8-13/h3,5,9,11,13H,1-2,7-8,10H2. The maximum absolute atomic E-state index is 5.90. The number of hydrogen-bond acceptors (Lipinski definition) is 1. The Hall–Kier alpha value is -1.13. The van der Waals surface area contributed by atoms with E-state index in [1.807, 2.05) is 24.3 Å². The highest BCUT2D eigenvalue weighted by atomic mass is 35.5. The van der Waals surface area contributed by atoms with Gasteiger partial charge in [-0.2, -0.15) is 0 Å². The highest BCUT2D eigenvalue weighted by Gasteiger charge is 2.16. The lowest BCUT2D eigenvalue weighted by atomic mass is 10.2. The highest BCUT2D eigenvalue weighted by molar-refractivity contribution is 6.19. The van der Waals surface area contributed by atoms with Crippen LogP contribution in [0.4, 0.5) is 0 Å². The van der Waals surface area contributed by atoms with Crippen molar-refractivity contribution in [2.75, 3.05) is 5.88 Å². The lowest BCUT2D eigenvalue weighted by Gasteiger charge is -2.12. The Morgan fingerprint density at radius 2 is 2.12 bits per heavy atom. The average Bonchev–Trinajstić information content (AvgIpc) is 2.80. The van der Waals surface area contributed by atoms with Crippen LogP contribution in [0.3, 0.4) is 0 Å². The van der Waals surface area contributed by atoms with Gasteiger partial charge in [-0.25, -0.2) is 0 Å². The molecule has 0 atom stereocenters. The molecule has 0 heterocycles. The van der Waals surface area contributed by atoms with Crippen LogP contribution >= 0.6 is 11.6 Å². The SMILES string of the molecule is ClCC#Cc1cccc(OC2CCCC2)c1. The van der Waals surface area contributed by atoms with Crippen molar-refractivity contribution >= 4 is 11.6 Å². The smallest absolute Gasteiger partial charge is 0.120 e. The number of halogens is 1. The maximum Gasteiger partial charge on any atom is 0.120 e. The van der Waals surface area contributed by atoms with E-state index >= 15 is 0 Å². The zero-order chi connectivity index (χ0) is 11.2. The zero-order valence-corrected chi connectivity index (χ0v) is 9.96. The molecule has 1 aromatic rings. The van der Waals surface area contributed by atoms with E-state index in [4.69, 9.17) is 16.3 Å². The molecule has 1 saturated carbocycles. The van der Waals surface area contributed by atoms with E-state index in [1.54, 1.807) is 0 Å². The molecule has 1 aliphatic rings. The molecule has 16 heavy (non-hydrogen) atoms. The van der Waals surface area contributed by atoms with Crippen LogP contribution in [0, 0.1) is 11.8 Å². The molecule has 0 unspecified atom stereocenters. The van der Waals surface area contributed by atoms with Gasteiger partial charge < -0.3 is 4.74 Å². The minimum Gasteiger partial charge on any atom is -0.490 e. The van der Waals surface area contributed by atoms with E-state index in [0.717, 1.165) is 11.3 Å². The molecule has 1 aromatic carbocycles. The van der Waals surface area contributed by atoms with Gasteiger partial charge in [-0.15, -0.1) is 11.6 Å². The molecule has 0 spiro atoms. The van der Waals surface area contributed by atoms with Gasteiger partial charge in [0.05, 0.1) is 12.0 Å². The summed E-state index contributed by atoms with van der Waals surface area (Å²) in [7, 11) is 0.